The Morgan fingerprint density at radius 1 is 0.167 bits per heavy atom. The lowest BCUT2D eigenvalue weighted by molar-refractivity contribution is 0.669. The Kier molecular flexibility index (Phi) is 12.1. The maximum atomic E-state index is 7.23. The summed E-state index contributed by atoms with van der Waals surface area (Å²) < 4.78 is 23.2. The highest BCUT2D eigenvalue weighted by Crippen LogP contribution is 2.48. The third-order valence-electron chi connectivity index (χ3n) is 21.6. The molecule has 0 aliphatic heterocycles. The van der Waals surface area contributed by atoms with Crippen molar-refractivity contribution in [3.63, 3.8) is 0 Å². The van der Waals surface area contributed by atoms with Gasteiger partial charge in [0, 0.05) is 92.9 Å². The largest absolute Gasteiger partial charge is 0.456 e. The molecule has 0 atom stereocenters. The first kappa shape index (κ1) is 56.3. The second-order valence-electron chi connectivity index (χ2n) is 27.1. The molecule has 16 aromatic carbocycles. The number of hydrogen-bond donors (Lipinski definition) is 0. The number of nitrogens with zero attached hydrogens (tertiary/aromatic N) is 4. The minimum Gasteiger partial charge on any atom is -0.456 e. The molecule has 0 fully saturated rings. The van der Waals surface area contributed by atoms with Crippen molar-refractivity contribution in [3.8, 4) is 78.4 Å². The van der Waals surface area contributed by atoms with Crippen LogP contribution in [0.4, 0.5) is 0 Å². The normalized spacial score (nSPS) is 12.1. The molecule has 0 bridgehead atoms. The van der Waals surface area contributed by atoms with E-state index < -0.39 is 0 Å². The van der Waals surface area contributed by atoms with E-state index in [-0.39, 0.29) is 0 Å². The van der Waals surface area contributed by atoms with Gasteiger partial charge in [-0.2, -0.15) is 0 Å². The molecule has 0 aliphatic carbocycles. The molecule has 22 aromatic rings. The standard InChI is InChI=1S/C96H58N4O2/c1-3-19-65(20-4-1)97-84-31-12-7-23-70(84)74-49-41-62(54-88(74)97)63-42-50-75-71-24-9-14-33-86(71)99(89(75)55-63)68-47-39-60(40-48-68)69-28-17-30-79-95-78(29-18-36-94(95)102-96(69)79)81-57-82-73-26-10-15-34-87(73)100(67-45-37-59(38-46-67)61-44-52-93-83(53-61)77-27-11-16-35-92(77)101-93)91(82)58-80(81)64-43-51-76-72-25-8-13-32-85(72)98(90(76)56-64)66-21-5-2-6-22-66/h1-58H. The highest BCUT2D eigenvalue weighted by atomic mass is 16.3. The lowest BCUT2D eigenvalue weighted by atomic mass is 9.89. The summed E-state index contributed by atoms with van der Waals surface area (Å²) in [7, 11) is 0. The first-order valence-corrected chi connectivity index (χ1v) is 34.9. The van der Waals surface area contributed by atoms with Crippen LogP contribution in [0.5, 0.6) is 0 Å². The van der Waals surface area contributed by atoms with Crippen LogP contribution in [0.1, 0.15) is 0 Å². The molecule has 6 heterocycles. The fraction of sp³-hybridized carbons (Fsp3) is 0. The zero-order chi connectivity index (χ0) is 66.7. The smallest absolute Gasteiger partial charge is 0.143 e. The zero-order valence-corrected chi connectivity index (χ0v) is 55.1. The fourth-order valence-corrected chi connectivity index (χ4v) is 17.0. The summed E-state index contributed by atoms with van der Waals surface area (Å²) in [6.45, 7) is 0. The zero-order valence-electron chi connectivity index (χ0n) is 55.1. The summed E-state index contributed by atoms with van der Waals surface area (Å²) in [5.74, 6) is 0. The third kappa shape index (κ3) is 8.41. The molecule has 6 nitrogen and oxygen atoms in total. The number of para-hydroxylation sites is 8. The van der Waals surface area contributed by atoms with Gasteiger partial charge in [-0.3, -0.25) is 0 Å². The Morgan fingerprint density at radius 3 is 1.12 bits per heavy atom. The summed E-state index contributed by atoms with van der Waals surface area (Å²) in [6, 6.07) is 129. The van der Waals surface area contributed by atoms with E-state index in [0.717, 1.165) is 144 Å². The van der Waals surface area contributed by atoms with Gasteiger partial charge in [-0.15, -0.1) is 0 Å². The van der Waals surface area contributed by atoms with Gasteiger partial charge in [0.2, 0.25) is 0 Å². The summed E-state index contributed by atoms with van der Waals surface area (Å²) in [4.78, 5) is 0. The molecular formula is C96H58N4O2. The fourth-order valence-electron chi connectivity index (χ4n) is 17.0. The molecule has 0 amide bonds. The van der Waals surface area contributed by atoms with Crippen LogP contribution in [-0.2, 0) is 0 Å². The number of benzene rings is 16. The molecule has 6 heteroatoms. The molecule has 474 valence electrons. The Balaban J connectivity index is 0.694. The van der Waals surface area contributed by atoms with Crippen LogP contribution in [0.25, 0.3) is 209 Å². The summed E-state index contributed by atoms with van der Waals surface area (Å²) in [5, 5.41) is 14.1. The minimum atomic E-state index is 0.835. The van der Waals surface area contributed by atoms with Gasteiger partial charge in [0.15, 0.2) is 0 Å². The van der Waals surface area contributed by atoms with Gasteiger partial charge in [0.25, 0.3) is 0 Å². The molecule has 22 rings (SSSR count). The molecule has 0 saturated carbocycles. The average Bonchev–Trinajstić information content (AvgIpc) is 1.56. The monoisotopic (exact) mass is 1300 g/mol. The number of hydrogen-bond acceptors (Lipinski definition) is 2. The molecule has 0 saturated heterocycles. The molecule has 6 aromatic heterocycles. The van der Waals surface area contributed by atoms with Crippen molar-refractivity contribution in [2.24, 2.45) is 0 Å². The van der Waals surface area contributed by atoms with Crippen molar-refractivity contribution in [1.82, 2.24) is 18.3 Å². The molecule has 0 radical (unpaired) electrons. The first-order valence-electron chi connectivity index (χ1n) is 34.9. The van der Waals surface area contributed by atoms with Crippen LogP contribution >= 0.6 is 0 Å². The van der Waals surface area contributed by atoms with Crippen molar-refractivity contribution in [2.75, 3.05) is 0 Å². The molecule has 0 aliphatic rings. The number of rotatable bonds is 9. The summed E-state index contributed by atoms with van der Waals surface area (Å²) in [6.07, 6.45) is 0. The van der Waals surface area contributed by atoms with Crippen LogP contribution in [0.3, 0.4) is 0 Å². The van der Waals surface area contributed by atoms with Gasteiger partial charge >= 0.3 is 0 Å². The first-order chi connectivity index (χ1) is 50.6. The molecule has 0 spiro atoms. The third-order valence-corrected chi connectivity index (χ3v) is 21.6. The van der Waals surface area contributed by atoms with Crippen molar-refractivity contribution in [3.05, 3.63) is 352 Å². The van der Waals surface area contributed by atoms with E-state index in [1.54, 1.807) is 0 Å². The van der Waals surface area contributed by atoms with E-state index in [0.29, 0.717) is 0 Å². The Labute approximate surface area is 584 Å². The van der Waals surface area contributed by atoms with Gasteiger partial charge in [-0.25, -0.2) is 0 Å². The van der Waals surface area contributed by atoms with Gasteiger partial charge in [-0.05, 0) is 177 Å². The number of fused-ring (bicyclic) bond motifs is 18. The van der Waals surface area contributed by atoms with Crippen LogP contribution < -0.4 is 0 Å². The summed E-state index contributed by atoms with van der Waals surface area (Å²) in [5.41, 5.74) is 28.4. The second kappa shape index (κ2) is 21.9. The van der Waals surface area contributed by atoms with E-state index in [4.69, 9.17) is 8.83 Å². The highest BCUT2D eigenvalue weighted by molar-refractivity contribution is 6.21. The molecule has 0 unspecified atom stereocenters. The van der Waals surface area contributed by atoms with E-state index >= 15 is 0 Å². The van der Waals surface area contributed by atoms with Crippen molar-refractivity contribution in [1.29, 1.82) is 0 Å². The van der Waals surface area contributed by atoms with Gasteiger partial charge < -0.3 is 27.1 Å². The maximum Gasteiger partial charge on any atom is 0.143 e. The minimum absolute atomic E-state index is 0.835. The summed E-state index contributed by atoms with van der Waals surface area (Å²) >= 11 is 0. The van der Waals surface area contributed by atoms with E-state index in [1.165, 1.54) is 65.2 Å². The van der Waals surface area contributed by atoms with E-state index in [1.807, 2.05) is 12.1 Å². The number of aromatic nitrogens is 4. The average molecular weight is 1300 g/mol. The van der Waals surface area contributed by atoms with E-state index in [9.17, 15) is 0 Å². The predicted molar refractivity (Wildman–Crippen MR) is 426 cm³/mol. The van der Waals surface area contributed by atoms with Crippen LogP contribution in [0, 0.1) is 0 Å². The van der Waals surface area contributed by atoms with Gasteiger partial charge in [-0.1, -0.05) is 224 Å². The molecule has 0 N–H and O–H groups in total. The van der Waals surface area contributed by atoms with Crippen molar-refractivity contribution < 1.29 is 8.83 Å². The topological polar surface area (TPSA) is 46.0 Å². The maximum absolute atomic E-state index is 7.23. The van der Waals surface area contributed by atoms with Crippen LogP contribution in [-0.4, -0.2) is 18.3 Å². The second-order valence-corrected chi connectivity index (χ2v) is 27.1. The van der Waals surface area contributed by atoms with Crippen LogP contribution in [0.15, 0.2) is 361 Å². The lowest BCUT2D eigenvalue weighted by Crippen LogP contribution is -1.96. The van der Waals surface area contributed by atoms with Gasteiger partial charge in [0.05, 0.1) is 44.1 Å². The van der Waals surface area contributed by atoms with Gasteiger partial charge in [0.1, 0.15) is 22.3 Å². The van der Waals surface area contributed by atoms with Crippen molar-refractivity contribution >= 4 is 131 Å². The Hall–Kier alpha value is -13.7. The molecule has 102 heavy (non-hydrogen) atoms. The number of furan rings is 2. The molecular weight excluding hydrogens is 1240 g/mol. The highest BCUT2D eigenvalue weighted by Gasteiger charge is 2.25. The SMILES string of the molecule is c1ccc(-n2c3ccccc3c3ccc(-c4ccc5c6ccccc6n(-c6ccc(-c7cccc8c7oc7cccc(-c9cc%10c%11ccccc%11n(-c%11ccc(-c%12ccc%13oc%14ccccc%14c%13c%12)cc%11)c%10cc9-c9ccc%10c%11ccccc%11n(-c%11ccccc%11)c%10c9)c78)cc6)c5c4)cc32)cc1. The lowest BCUT2D eigenvalue weighted by Gasteiger charge is -2.15. The van der Waals surface area contributed by atoms with Crippen LogP contribution in [0.2, 0.25) is 0 Å². The van der Waals surface area contributed by atoms with Crippen molar-refractivity contribution in [2.45, 2.75) is 0 Å². The Morgan fingerprint density at radius 2 is 0.549 bits per heavy atom. The van der Waals surface area contributed by atoms with E-state index in [2.05, 4.69) is 358 Å². The quantitative estimate of drug-likeness (QED) is 0.145. The Bertz CT molecular complexity index is 7220. The predicted octanol–water partition coefficient (Wildman–Crippen LogP) is 26.2.